The Bertz CT molecular complexity index is 304. The molecule has 0 fully saturated rings. The van der Waals surface area contributed by atoms with Gasteiger partial charge in [-0.3, -0.25) is 0 Å². The zero-order chi connectivity index (χ0) is 7.61. The fourth-order valence-corrected chi connectivity index (χ4v) is 1.05. The number of hydrogen-bond acceptors (Lipinski definition) is 3. The molecule has 0 N–H and O–H groups in total. The minimum Gasteiger partial charge on any atom is -0.245 e. The second kappa shape index (κ2) is 2.38. The molecule has 0 aliphatic carbocycles. The van der Waals surface area contributed by atoms with Crippen molar-refractivity contribution in [3.8, 4) is 0 Å². The van der Waals surface area contributed by atoms with Crippen molar-refractivity contribution in [3.05, 3.63) is 24.4 Å². The van der Waals surface area contributed by atoms with Gasteiger partial charge < -0.3 is 0 Å². The van der Waals surface area contributed by atoms with Crippen LogP contribution in [0.1, 0.15) is 0 Å². The molecule has 4 heteroatoms. The normalized spacial score (nSPS) is 11.3. The molecule has 1 heterocycles. The van der Waals surface area contributed by atoms with Gasteiger partial charge in [-0.15, -0.1) is 0 Å². The van der Waals surface area contributed by atoms with Gasteiger partial charge in [0, 0.05) is 12.5 Å². The van der Waals surface area contributed by atoms with Crippen molar-refractivity contribution < 1.29 is 8.42 Å². The summed E-state index contributed by atoms with van der Waals surface area (Å²) in [6, 6.07) is 5.52. The third-order valence-corrected chi connectivity index (χ3v) is 1.94. The molecule has 0 aliphatic rings. The third kappa shape index (κ3) is 1.54. The van der Waals surface area contributed by atoms with Crippen molar-refractivity contribution >= 4 is 9.84 Å². The van der Waals surface area contributed by atoms with Crippen LogP contribution in [0.4, 0.5) is 0 Å². The van der Waals surface area contributed by atoms with E-state index in [9.17, 15) is 8.42 Å². The Balaban J connectivity index is 3.22. The molecule has 3 nitrogen and oxygen atoms in total. The summed E-state index contributed by atoms with van der Waals surface area (Å²) >= 11 is 0. The lowest BCUT2D eigenvalue weighted by atomic mass is 10.5. The average molecular weight is 156 g/mol. The number of hydrogen-bond donors (Lipinski definition) is 0. The van der Waals surface area contributed by atoms with Gasteiger partial charge in [0.2, 0.25) is 0 Å². The highest BCUT2D eigenvalue weighted by molar-refractivity contribution is 7.90. The number of nitrogens with zero attached hydrogens (tertiary/aromatic N) is 1. The smallest absolute Gasteiger partial charge is 0.192 e. The highest BCUT2D eigenvalue weighted by Crippen LogP contribution is 2.00. The Morgan fingerprint density at radius 3 is 2.60 bits per heavy atom. The maximum absolute atomic E-state index is 10.8. The molecule has 53 valence electrons. The topological polar surface area (TPSA) is 47.0 Å². The van der Waals surface area contributed by atoms with Gasteiger partial charge in [0.15, 0.2) is 14.9 Å². The van der Waals surface area contributed by atoms with Crippen LogP contribution in [0.15, 0.2) is 23.4 Å². The number of rotatable bonds is 1. The Labute approximate surface area is 59.6 Å². The molecule has 1 aromatic rings. The van der Waals surface area contributed by atoms with E-state index < -0.39 is 9.84 Å². The predicted molar refractivity (Wildman–Crippen MR) is 36.2 cm³/mol. The highest BCUT2D eigenvalue weighted by Gasteiger charge is 2.05. The Morgan fingerprint density at radius 2 is 2.30 bits per heavy atom. The van der Waals surface area contributed by atoms with E-state index in [0.29, 0.717) is 0 Å². The molecule has 1 rings (SSSR count). The molecule has 1 radical (unpaired) electrons. The molecule has 0 amide bonds. The first-order chi connectivity index (χ1) is 4.61. The lowest BCUT2D eigenvalue weighted by Crippen LogP contribution is -1.98. The first kappa shape index (κ1) is 7.21. The molecule has 0 bridgehead atoms. The van der Waals surface area contributed by atoms with Crippen molar-refractivity contribution in [1.82, 2.24) is 4.98 Å². The number of sulfone groups is 1. The van der Waals surface area contributed by atoms with Gasteiger partial charge >= 0.3 is 0 Å². The SMILES string of the molecule is CS(=O)(=O)c1c[c]ccn1. The van der Waals surface area contributed by atoms with E-state index in [1.165, 1.54) is 12.3 Å². The fourth-order valence-electron chi connectivity index (χ4n) is 0.513. The first-order valence-corrected chi connectivity index (χ1v) is 4.52. The molecule has 10 heavy (non-hydrogen) atoms. The van der Waals surface area contributed by atoms with E-state index in [-0.39, 0.29) is 5.03 Å². The van der Waals surface area contributed by atoms with Crippen LogP contribution < -0.4 is 0 Å². The van der Waals surface area contributed by atoms with E-state index >= 15 is 0 Å². The second-order valence-corrected chi connectivity index (χ2v) is 3.83. The number of pyridine rings is 1. The van der Waals surface area contributed by atoms with Gasteiger partial charge in [-0.1, -0.05) is 0 Å². The molecular formula is C6H6NO2S. The van der Waals surface area contributed by atoms with Crippen LogP contribution in [0.5, 0.6) is 0 Å². The van der Waals surface area contributed by atoms with Crippen LogP contribution in [0, 0.1) is 6.07 Å². The maximum Gasteiger partial charge on any atom is 0.192 e. The van der Waals surface area contributed by atoms with Crippen LogP contribution in [0.3, 0.4) is 0 Å². The van der Waals surface area contributed by atoms with Crippen molar-refractivity contribution in [2.75, 3.05) is 6.26 Å². The largest absolute Gasteiger partial charge is 0.245 e. The summed E-state index contributed by atoms with van der Waals surface area (Å²) in [5.41, 5.74) is 0. The zero-order valence-corrected chi connectivity index (χ0v) is 6.22. The van der Waals surface area contributed by atoms with Crippen molar-refractivity contribution in [3.63, 3.8) is 0 Å². The van der Waals surface area contributed by atoms with E-state index in [2.05, 4.69) is 11.1 Å². The predicted octanol–water partition coefficient (Wildman–Crippen LogP) is 0.285. The highest BCUT2D eigenvalue weighted by atomic mass is 32.2. The van der Waals surface area contributed by atoms with Gasteiger partial charge in [-0.2, -0.15) is 0 Å². The quantitative estimate of drug-likeness (QED) is 0.587. The molecule has 1 aromatic heterocycles. The van der Waals surface area contributed by atoms with Crippen LogP contribution in [-0.4, -0.2) is 19.7 Å². The minimum absolute atomic E-state index is 0.0648. The molecule has 0 aliphatic heterocycles. The van der Waals surface area contributed by atoms with Gasteiger partial charge in [0.25, 0.3) is 0 Å². The maximum atomic E-state index is 10.8. The summed E-state index contributed by atoms with van der Waals surface area (Å²) in [7, 11) is -3.15. The Kier molecular flexibility index (Phi) is 1.72. The monoisotopic (exact) mass is 156 g/mol. The third-order valence-electron chi connectivity index (χ3n) is 0.959. The molecular weight excluding hydrogens is 150 g/mol. The van der Waals surface area contributed by atoms with Crippen molar-refractivity contribution in [1.29, 1.82) is 0 Å². The molecule has 0 saturated carbocycles. The standard InChI is InChI=1S/C6H6NO2S/c1-10(8,9)6-4-2-3-5-7-6/h3-5H,1H3. The molecule has 0 spiro atoms. The number of aromatic nitrogens is 1. The van der Waals surface area contributed by atoms with Crippen molar-refractivity contribution in [2.24, 2.45) is 0 Å². The van der Waals surface area contributed by atoms with Gasteiger partial charge in [-0.05, 0) is 18.2 Å². The molecule has 0 aromatic carbocycles. The van der Waals surface area contributed by atoms with E-state index in [4.69, 9.17) is 0 Å². The molecule has 0 unspecified atom stereocenters. The molecule has 0 atom stereocenters. The van der Waals surface area contributed by atoms with Crippen molar-refractivity contribution in [2.45, 2.75) is 5.03 Å². The molecule has 0 saturated heterocycles. The van der Waals surface area contributed by atoms with E-state index in [0.717, 1.165) is 6.26 Å². The summed E-state index contributed by atoms with van der Waals surface area (Å²) < 4.78 is 21.5. The van der Waals surface area contributed by atoms with E-state index in [1.54, 1.807) is 6.07 Å². The van der Waals surface area contributed by atoms with Gasteiger partial charge in [-0.25, -0.2) is 13.4 Å². The van der Waals surface area contributed by atoms with Crippen LogP contribution in [0.25, 0.3) is 0 Å². The van der Waals surface area contributed by atoms with Crippen LogP contribution in [-0.2, 0) is 9.84 Å². The van der Waals surface area contributed by atoms with Gasteiger partial charge in [0.1, 0.15) is 0 Å². The summed E-state index contributed by atoms with van der Waals surface area (Å²) in [5.74, 6) is 0. The summed E-state index contributed by atoms with van der Waals surface area (Å²) in [4.78, 5) is 3.63. The second-order valence-electron chi connectivity index (χ2n) is 1.87. The first-order valence-electron chi connectivity index (χ1n) is 2.63. The summed E-state index contributed by atoms with van der Waals surface area (Å²) in [5, 5.41) is 0.0648. The Hall–Kier alpha value is -0.900. The lowest BCUT2D eigenvalue weighted by molar-refractivity contribution is 0.598. The van der Waals surface area contributed by atoms with Gasteiger partial charge in [0.05, 0.1) is 0 Å². The lowest BCUT2D eigenvalue weighted by Gasteiger charge is -1.92. The van der Waals surface area contributed by atoms with E-state index in [1.807, 2.05) is 0 Å². The van der Waals surface area contributed by atoms with Crippen LogP contribution >= 0.6 is 0 Å². The average Bonchev–Trinajstić information content (AvgIpc) is 1.88. The fraction of sp³-hybridized carbons (Fsp3) is 0.167. The summed E-state index contributed by atoms with van der Waals surface area (Å²) in [6.07, 6.45) is 2.51. The van der Waals surface area contributed by atoms with Crippen LogP contribution in [0.2, 0.25) is 0 Å². The zero-order valence-electron chi connectivity index (χ0n) is 5.40. The summed E-state index contributed by atoms with van der Waals surface area (Å²) in [6.45, 7) is 0. The Morgan fingerprint density at radius 1 is 1.60 bits per heavy atom. The minimum atomic E-state index is -3.15.